The molecule has 0 atom stereocenters. The van der Waals surface area contributed by atoms with E-state index in [1.165, 1.54) is 7.11 Å². The molecule has 0 aromatic heterocycles. The van der Waals surface area contributed by atoms with Crippen molar-refractivity contribution in [2.24, 2.45) is 0 Å². The van der Waals surface area contributed by atoms with E-state index in [9.17, 15) is 4.79 Å². The SMILES string of the molecule is C=C(CCCOC)C(=O)OC. The van der Waals surface area contributed by atoms with Crippen molar-refractivity contribution < 1.29 is 14.3 Å². The van der Waals surface area contributed by atoms with Gasteiger partial charge in [0.25, 0.3) is 0 Å². The second-order valence-corrected chi connectivity index (χ2v) is 2.19. The van der Waals surface area contributed by atoms with Crippen LogP contribution in [0.5, 0.6) is 0 Å². The molecule has 11 heavy (non-hydrogen) atoms. The summed E-state index contributed by atoms with van der Waals surface area (Å²) in [6.07, 6.45) is 1.45. The third kappa shape index (κ3) is 4.56. The Balaban J connectivity index is 3.44. The largest absolute Gasteiger partial charge is 0.466 e. The van der Waals surface area contributed by atoms with Gasteiger partial charge in [0.1, 0.15) is 0 Å². The summed E-state index contributed by atoms with van der Waals surface area (Å²) in [7, 11) is 2.98. The first-order valence-electron chi connectivity index (χ1n) is 3.47. The monoisotopic (exact) mass is 158 g/mol. The van der Waals surface area contributed by atoms with E-state index in [1.54, 1.807) is 7.11 Å². The van der Waals surface area contributed by atoms with Crippen molar-refractivity contribution in [2.45, 2.75) is 12.8 Å². The van der Waals surface area contributed by atoms with Crippen LogP contribution in [0.1, 0.15) is 12.8 Å². The van der Waals surface area contributed by atoms with Crippen molar-refractivity contribution in [3.63, 3.8) is 0 Å². The van der Waals surface area contributed by atoms with E-state index >= 15 is 0 Å². The fraction of sp³-hybridized carbons (Fsp3) is 0.625. The number of methoxy groups -OCH3 is 2. The molecule has 3 heteroatoms. The van der Waals surface area contributed by atoms with Gasteiger partial charge in [-0.3, -0.25) is 0 Å². The molecule has 0 unspecified atom stereocenters. The van der Waals surface area contributed by atoms with Gasteiger partial charge in [-0.15, -0.1) is 0 Å². The first kappa shape index (κ1) is 10.2. The molecule has 0 heterocycles. The summed E-state index contributed by atoms with van der Waals surface area (Å²) in [5.41, 5.74) is 0.504. The average Bonchev–Trinajstić information content (AvgIpc) is 2.03. The van der Waals surface area contributed by atoms with Crippen LogP contribution >= 0.6 is 0 Å². The third-order valence-corrected chi connectivity index (χ3v) is 1.30. The highest BCUT2D eigenvalue weighted by Crippen LogP contribution is 2.03. The molecular formula is C8H14O3. The van der Waals surface area contributed by atoms with Crippen molar-refractivity contribution in [1.29, 1.82) is 0 Å². The third-order valence-electron chi connectivity index (χ3n) is 1.30. The Hall–Kier alpha value is -0.830. The van der Waals surface area contributed by atoms with Crippen LogP contribution in [0.4, 0.5) is 0 Å². The average molecular weight is 158 g/mol. The summed E-state index contributed by atoms with van der Waals surface area (Å²) in [5.74, 6) is -0.332. The highest BCUT2D eigenvalue weighted by atomic mass is 16.5. The molecule has 3 nitrogen and oxygen atoms in total. The van der Waals surface area contributed by atoms with E-state index in [0.29, 0.717) is 18.6 Å². The molecule has 0 saturated carbocycles. The first-order chi connectivity index (χ1) is 5.22. The molecule has 0 aliphatic carbocycles. The summed E-state index contributed by atoms with van der Waals surface area (Å²) >= 11 is 0. The van der Waals surface area contributed by atoms with Gasteiger partial charge in [-0.2, -0.15) is 0 Å². The van der Waals surface area contributed by atoms with Crippen LogP contribution in [-0.4, -0.2) is 26.8 Å². The molecule has 0 amide bonds. The zero-order chi connectivity index (χ0) is 8.69. The van der Waals surface area contributed by atoms with Crippen LogP contribution in [0.3, 0.4) is 0 Å². The zero-order valence-electron chi connectivity index (χ0n) is 7.05. The lowest BCUT2D eigenvalue weighted by molar-refractivity contribution is -0.136. The molecule has 0 rings (SSSR count). The van der Waals surface area contributed by atoms with E-state index < -0.39 is 0 Å². The van der Waals surface area contributed by atoms with Crippen LogP contribution < -0.4 is 0 Å². The predicted octanol–water partition coefficient (Wildman–Crippen LogP) is 1.14. The van der Waals surface area contributed by atoms with Gasteiger partial charge in [-0.1, -0.05) is 6.58 Å². The molecule has 64 valence electrons. The molecule has 0 aliphatic heterocycles. The molecule has 0 saturated heterocycles. The Bertz CT molecular complexity index is 140. The number of rotatable bonds is 5. The minimum atomic E-state index is -0.332. The Morgan fingerprint density at radius 2 is 2.09 bits per heavy atom. The second-order valence-electron chi connectivity index (χ2n) is 2.19. The molecule has 0 fully saturated rings. The smallest absolute Gasteiger partial charge is 0.333 e. The maximum Gasteiger partial charge on any atom is 0.333 e. The molecule has 0 aromatic rings. The van der Waals surface area contributed by atoms with E-state index in [-0.39, 0.29) is 5.97 Å². The molecular weight excluding hydrogens is 144 g/mol. The number of carbonyl (C=O) groups excluding carboxylic acids is 1. The maximum absolute atomic E-state index is 10.7. The number of ether oxygens (including phenoxy) is 2. The Morgan fingerprint density at radius 1 is 1.45 bits per heavy atom. The summed E-state index contributed by atoms with van der Waals surface area (Å²) in [6, 6.07) is 0. The predicted molar refractivity (Wildman–Crippen MR) is 42.3 cm³/mol. The summed E-state index contributed by atoms with van der Waals surface area (Å²) < 4.78 is 9.28. The van der Waals surface area contributed by atoms with Crippen molar-refractivity contribution in [2.75, 3.05) is 20.8 Å². The van der Waals surface area contributed by atoms with Crippen LogP contribution in [0.15, 0.2) is 12.2 Å². The lowest BCUT2D eigenvalue weighted by atomic mass is 10.2. The summed E-state index contributed by atoms with van der Waals surface area (Å²) in [4.78, 5) is 10.7. The first-order valence-corrected chi connectivity index (χ1v) is 3.47. The zero-order valence-corrected chi connectivity index (χ0v) is 7.05. The maximum atomic E-state index is 10.7. The van der Waals surface area contributed by atoms with Crippen LogP contribution in [0.2, 0.25) is 0 Å². The highest BCUT2D eigenvalue weighted by molar-refractivity contribution is 5.87. The number of carbonyl (C=O) groups is 1. The van der Waals surface area contributed by atoms with E-state index in [1.807, 2.05) is 0 Å². The van der Waals surface area contributed by atoms with Crippen LogP contribution in [0.25, 0.3) is 0 Å². The van der Waals surface area contributed by atoms with E-state index in [2.05, 4.69) is 11.3 Å². The standard InChI is InChI=1S/C8H14O3/c1-7(8(9)11-3)5-4-6-10-2/h1,4-6H2,2-3H3. The second kappa shape index (κ2) is 5.92. The lowest BCUT2D eigenvalue weighted by Gasteiger charge is -2.01. The number of hydrogen-bond donors (Lipinski definition) is 0. The minimum absolute atomic E-state index is 0.332. The van der Waals surface area contributed by atoms with Crippen molar-refractivity contribution in [3.05, 3.63) is 12.2 Å². The number of esters is 1. The minimum Gasteiger partial charge on any atom is -0.466 e. The fourth-order valence-electron chi connectivity index (χ4n) is 0.676. The molecule has 0 aromatic carbocycles. The van der Waals surface area contributed by atoms with Gasteiger partial charge >= 0.3 is 5.97 Å². The normalized spacial score (nSPS) is 9.27. The van der Waals surface area contributed by atoms with Crippen molar-refractivity contribution >= 4 is 5.97 Å². The summed E-state index contributed by atoms with van der Waals surface area (Å²) in [6.45, 7) is 4.22. The van der Waals surface area contributed by atoms with E-state index in [0.717, 1.165) is 6.42 Å². The molecule has 0 N–H and O–H groups in total. The van der Waals surface area contributed by atoms with Gasteiger partial charge in [0.15, 0.2) is 0 Å². The molecule has 0 bridgehead atoms. The Labute approximate surface area is 67.0 Å². The summed E-state index contributed by atoms with van der Waals surface area (Å²) in [5, 5.41) is 0. The van der Waals surface area contributed by atoms with Gasteiger partial charge in [-0.25, -0.2) is 4.79 Å². The van der Waals surface area contributed by atoms with Gasteiger partial charge < -0.3 is 9.47 Å². The molecule has 0 aliphatic rings. The lowest BCUT2D eigenvalue weighted by Crippen LogP contribution is -2.04. The van der Waals surface area contributed by atoms with Gasteiger partial charge in [0.05, 0.1) is 7.11 Å². The van der Waals surface area contributed by atoms with Crippen molar-refractivity contribution in [1.82, 2.24) is 0 Å². The van der Waals surface area contributed by atoms with Gasteiger partial charge in [-0.05, 0) is 12.8 Å². The van der Waals surface area contributed by atoms with Crippen molar-refractivity contribution in [3.8, 4) is 0 Å². The molecule has 0 spiro atoms. The Morgan fingerprint density at radius 3 is 2.55 bits per heavy atom. The fourth-order valence-corrected chi connectivity index (χ4v) is 0.676. The van der Waals surface area contributed by atoms with Gasteiger partial charge in [0, 0.05) is 19.3 Å². The number of hydrogen-bond acceptors (Lipinski definition) is 3. The highest BCUT2D eigenvalue weighted by Gasteiger charge is 2.04. The quantitative estimate of drug-likeness (QED) is 0.342. The van der Waals surface area contributed by atoms with Crippen LogP contribution in [-0.2, 0) is 14.3 Å². The van der Waals surface area contributed by atoms with E-state index in [4.69, 9.17) is 4.74 Å². The molecule has 0 radical (unpaired) electrons. The van der Waals surface area contributed by atoms with Crippen LogP contribution in [0, 0.1) is 0 Å². The van der Waals surface area contributed by atoms with Gasteiger partial charge in [0.2, 0.25) is 0 Å². The Kier molecular flexibility index (Phi) is 5.47. The topological polar surface area (TPSA) is 35.5 Å².